The molecule has 7 heterocycles. The smallest absolute Gasteiger partial charge is 0.354 e. The van der Waals surface area contributed by atoms with Gasteiger partial charge in [-0.2, -0.15) is 5.10 Å². The topological polar surface area (TPSA) is 120 Å². The van der Waals surface area contributed by atoms with E-state index in [-0.39, 0.29) is 11.8 Å². The van der Waals surface area contributed by atoms with E-state index < -0.39 is 5.97 Å². The Hall–Kier alpha value is -4.35. The monoisotopic (exact) mass is 553 g/mol. The zero-order chi connectivity index (χ0) is 27.8. The van der Waals surface area contributed by atoms with Crippen LogP contribution in [0, 0.1) is 0 Å². The van der Waals surface area contributed by atoms with Crippen molar-refractivity contribution in [1.82, 2.24) is 34.0 Å². The second kappa shape index (κ2) is 10.9. The van der Waals surface area contributed by atoms with E-state index in [0.29, 0.717) is 42.7 Å². The minimum atomic E-state index is -1.04. The van der Waals surface area contributed by atoms with Gasteiger partial charge in [0.2, 0.25) is 5.88 Å². The summed E-state index contributed by atoms with van der Waals surface area (Å²) in [6.45, 7) is 4.32. The van der Waals surface area contributed by atoms with Crippen LogP contribution in [0.2, 0.25) is 0 Å². The Labute approximate surface area is 236 Å². The third kappa shape index (κ3) is 5.25. The molecule has 0 spiro atoms. The SMILES string of the molecule is O=C(O)c1ccc2nc(CN3CCC(c4cccc(OCc5cccn6nccc56)n4)CC3)n(CC3CCO3)c2n1. The lowest BCUT2D eigenvalue weighted by atomic mass is 9.93. The van der Waals surface area contributed by atoms with Gasteiger partial charge in [0, 0.05) is 42.2 Å². The van der Waals surface area contributed by atoms with Crippen LogP contribution < -0.4 is 4.74 Å². The number of rotatable bonds is 9. The number of likely N-dealkylation sites (tertiary alicyclic amines) is 1. The number of pyridine rings is 3. The lowest BCUT2D eigenvalue weighted by Gasteiger charge is -2.32. The number of carbonyl (C=O) groups is 1. The third-order valence-electron chi connectivity index (χ3n) is 8.09. The molecule has 0 radical (unpaired) electrons. The molecule has 1 atom stereocenters. The normalized spacial score (nSPS) is 18.1. The molecule has 0 aliphatic carbocycles. The minimum Gasteiger partial charge on any atom is -0.477 e. The highest BCUT2D eigenvalue weighted by molar-refractivity contribution is 5.88. The van der Waals surface area contributed by atoms with Gasteiger partial charge in [0.15, 0.2) is 11.3 Å². The van der Waals surface area contributed by atoms with Gasteiger partial charge in [-0.05, 0) is 62.7 Å². The van der Waals surface area contributed by atoms with Crippen LogP contribution in [0.5, 0.6) is 5.88 Å². The lowest BCUT2D eigenvalue weighted by Crippen LogP contribution is -2.35. The predicted molar refractivity (Wildman–Crippen MR) is 150 cm³/mol. The number of aromatic carboxylic acids is 1. The highest BCUT2D eigenvalue weighted by Crippen LogP contribution is 2.29. The number of ether oxygens (including phenoxy) is 2. The zero-order valence-corrected chi connectivity index (χ0v) is 22.6. The van der Waals surface area contributed by atoms with Crippen molar-refractivity contribution in [2.24, 2.45) is 0 Å². The average Bonchev–Trinajstić information content (AvgIpc) is 3.59. The highest BCUT2D eigenvalue weighted by atomic mass is 16.5. The maximum Gasteiger partial charge on any atom is 0.354 e. The summed E-state index contributed by atoms with van der Waals surface area (Å²) in [6, 6.07) is 15.3. The summed E-state index contributed by atoms with van der Waals surface area (Å²) in [5.41, 5.74) is 4.50. The molecule has 210 valence electrons. The molecule has 0 aromatic carbocycles. The van der Waals surface area contributed by atoms with Gasteiger partial charge >= 0.3 is 5.97 Å². The fraction of sp³-hybridized carbons (Fsp3) is 0.367. The fourth-order valence-corrected chi connectivity index (χ4v) is 5.72. The maximum absolute atomic E-state index is 11.5. The van der Waals surface area contributed by atoms with Crippen LogP contribution in [0.15, 0.2) is 60.9 Å². The van der Waals surface area contributed by atoms with Crippen LogP contribution in [-0.2, 0) is 24.4 Å². The van der Waals surface area contributed by atoms with E-state index in [1.165, 1.54) is 6.07 Å². The lowest BCUT2D eigenvalue weighted by molar-refractivity contribution is -0.0593. The predicted octanol–water partition coefficient (Wildman–Crippen LogP) is 3.92. The molecular weight excluding hydrogens is 522 g/mol. The average molecular weight is 554 g/mol. The Morgan fingerprint density at radius 3 is 2.71 bits per heavy atom. The summed E-state index contributed by atoms with van der Waals surface area (Å²) >= 11 is 0. The molecule has 2 fully saturated rings. The molecule has 41 heavy (non-hydrogen) atoms. The van der Waals surface area contributed by atoms with Gasteiger partial charge < -0.3 is 19.1 Å². The van der Waals surface area contributed by atoms with E-state index >= 15 is 0 Å². The quantitative estimate of drug-likeness (QED) is 0.290. The van der Waals surface area contributed by atoms with Gasteiger partial charge in [0.1, 0.15) is 17.9 Å². The van der Waals surface area contributed by atoms with Gasteiger partial charge in [-0.1, -0.05) is 12.1 Å². The Morgan fingerprint density at radius 1 is 1.02 bits per heavy atom. The first kappa shape index (κ1) is 25.6. The van der Waals surface area contributed by atoms with E-state index in [9.17, 15) is 9.90 Å². The molecule has 11 nitrogen and oxygen atoms in total. The summed E-state index contributed by atoms with van der Waals surface area (Å²) in [7, 11) is 0. The third-order valence-corrected chi connectivity index (χ3v) is 8.09. The molecule has 0 bridgehead atoms. The molecule has 0 amide bonds. The number of piperidine rings is 1. The number of aromatic nitrogens is 6. The van der Waals surface area contributed by atoms with E-state index in [1.807, 2.05) is 45.6 Å². The van der Waals surface area contributed by atoms with E-state index in [1.54, 1.807) is 12.3 Å². The van der Waals surface area contributed by atoms with Gasteiger partial charge in [0.25, 0.3) is 0 Å². The fourth-order valence-electron chi connectivity index (χ4n) is 5.72. The van der Waals surface area contributed by atoms with Crippen molar-refractivity contribution in [3.63, 3.8) is 0 Å². The highest BCUT2D eigenvalue weighted by Gasteiger charge is 2.26. The largest absolute Gasteiger partial charge is 0.477 e. The molecule has 2 aliphatic heterocycles. The number of hydrogen-bond acceptors (Lipinski definition) is 8. The number of nitrogens with zero attached hydrogens (tertiary/aromatic N) is 7. The van der Waals surface area contributed by atoms with Gasteiger partial charge in [-0.3, -0.25) is 4.90 Å². The molecule has 1 N–H and O–H groups in total. The molecule has 7 rings (SSSR count). The van der Waals surface area contributed by atoms with Crippen molar-refractivity contribution in [2.75, 3.05) is 19.7 Å². The summed E-state index contributed by atoms with van der Waals surface area (Å²) < 4.78 is 15.7. The van der Waals surface area contributed by atoms with Crippen LogP contribution in [0.25, 0.3) is 16.7 Å². The zero-order valence-electron chi connectivity index (χ0n) is 22.6. The Kier molecular flexibility index (Phi) is 6.81. The standard InChI is InChI=1S/C30H31N7O4/c38-30(39)25-7-6-24-29(34-25)36(17-22-11-16-40-22)27(32-24)18-35-14-9-20(10-15-35)23-4-1-5-28(33-23)41-19-21-3-2-13-37-26(21)8-12-31-37/h1-8,12-13,20,22H,9-11,14-19H2,(H,38,39). The number of carboxylic acid groups (broad SMARTS) is 1. The van der Waals surface area contributed by atoms with Crippen LogP contribution in [-0.4, -0.2) is 70.9 Å². The number of hydrogen-bond donors (Lipinski definition) is 1. The molecule has 1 unspecified atom stereocenters. The summed E-state index contributed by atoms with van der Waals surface area (Å²) in [6.07, 6.45) is 6.78. The summed E-state index contributed by atoms with van der Waals surface area (Å²) in [5, 5.41) is 13.7. The van der Waals surface area contributed by atoms with Crippen molar-refractivity contribution in [1.29, 1.82) is 0 Å². The Balaban J connectivity index is 1.01. The molecule has 11 heteroatoms. The van der Waals surface area contributed by atoms with Gasteiger partial charge in [0.05, 0.1) is 24.7 Å². The van der Waals surface area contributed by atoms with Crippen LogP contribution in [0.3, 0.4) is 0 Å². The van der Waals surface area contributed by atoms with Crippen molar-refractivity contribution < 1.29 is 19.4 Å². The molecule has 2 aliphatic rings. The van der Waals surface area contributed by atoms with E-state index in [0.717, 1.165) is 61.6 Å². The van der Waals surface area contributed by atoms with Crippen LogP contribution in [0.4, 0.5) is 0 Å². The minimum absolute atomic E-state index is 0.0261. The van der Waals surface area contributed by atoms with Crippen LogP contribution >= 0.6 is 0 Å². The van der Waals surface area contributed by atoms with Crippen molar-refractivity contribution in [3.8, 4) is 5.88 Å². The van der Waals surface area contributed by atoms with Crippen LogP contribution in [0.1, 0.15) is 52.8 Å². The number of fused-ring (bicyclic) bond motifs is 2. The maximum atomic E-state index is 11.5. The van der Waals surface area contributed by atoms with Crippen molar-refractivity contribution in [2.45, 2.75) is 51.0 Å². The molecule has 5 aromatic rings. The molecular formula is C30H31N7O4. The van der Waals surface area contributed by atoms with Gasteiger partial charge in [-0.15, -0.1) is 0 Å². The van der Waals surface area contributed by atoms with Gasteiger partial charge in [-0.25, -0.2) is 24.3 Å². The molecule has 2 saturated heterocycles. The summed E-state index contributed by atoms with van der Waals surface area (Å²) in [5.74, 6) is 0.842. The second-order valence-electron chi connectivity index (χ2n) is 10.7. The Bertz CT molecular complexity index is 1700. The van der Waals surface area contributed by atoms with E-state index in [4.69, 9.17) is 19.4 Å². The van der Waals surface area contributed by atoms with Crippen molar-refractivity contribution >= 4 is 22.6 Å². The second-order valence-corrected chi connectivity index (χ2v) is 10.7. The first-order valence-corrected chi connectivity index (χ1v) is 14.0. The Morgan fingerprint density at radius 2 is 1.90 bits per heavy atom. The molecule has 5 aromatic heterocycles. The number of imidazole rings is 1. The number of carboxylic acids is 1. The summed E-state index contributed by atoms with van der Waals surface area (Å²) in [4.78, 5) is 28.0. The first-order chi connectivity index (χ1) is 20.1. The molecule has 0 saturated carbocycles. The first-order valence-electron chi connectivity index (χ1n) is 14.0. The van der Waals surface area contributed by atoms with E-state index in [2.05, 4.69) is 21.0 Å². The van der Waals surface area contributed by atoms with Crippen molar-refractivity contribution in [3.05, 3.63) is 83.7 Å².